The topological polar surface area (TPSA) is 35.2 Å². The predicted octanol–water partition coefficient (Wildman–Crippen LogP) is 4.32. The van der Waals surface area contributed by atoms with Gasteiger partial charge in [0.2, 0.25) is 0 Å². The first-order valence-electron chi connectivity index (χ1n) is 6.72. The third kappa shape index (κ3) is 3.78. The van der Waals surface area contributed by atoms with E-state index in [4.69, 9.17) is 10.5 Å². The SMILES string of the molecule is COc1ccc(C)cc1CSc1ccc(C(C)N)cc1. The lowest BCUT2D eigenvalue weighted by Gasteiger charge is -2.10. The average molecular weight is 287 g/mol. The molecule has 1 unspecified atom stereocenters. The predicted molar refractivity (Wildman–Crippen MR) is 86.3 cm³/mol. The number of ether oxygens (including phenoxy) is 1. The third-order valence-corrected chi connectivity index (χ3v) is 4.30. The monoisotopic (exact) mass is 287 g/mol. The van der Waals surface area contributed by atoms with Crippen LogP contribution in [0.2, 0.25) is 0 Å². The molecule has 3 heteroatoms. The molecule has 0 aliphatic heterocycles. The molecule has 2 nitrogen and oxygen atoms in total. The number of methoxy groups -OCH3 is 1. The van der Waals surface area contributed by atoms with Crippen LogP contribution in [-0.2, 0) is 5.75 Å². The van der Waals surface area contributed by atoms with E-state index < -0.39 is 0 Å². The van der Waals surface area contributed by atoms with Crippen molar-refractivity contribution in [2.75, 3.05) is 7.11 Å². The normalized spacial score (nSPS) is 12.2. The molecular weight excluding hydrogens is 266 g/mol. The van der Waals surface area contributed by atoms with Crippen LogP contribution in [0.3, 0.4) is 0 Å². The van der Waals surface area contributed by atoms with E-state index in [9.17, 15) is 0 Å². The van der Waals surface area contributed by atoms with Gasteiger partial charge in [0.15, 0.2) is 0 Å². The van der Waals surface area contributed by atoms with Crippen molar-refractivity contribution < 1.29 is 4.74 Å². The molecule has 2 N–H and O–H groups in total. The van der Waals surface area contributed by atoms with Crippen molar-refractivity contribution in [3.63, 3.8) is 0 Å². The zero-order valence-corrected chi connectivity index (χ0v) is 13.0. The Balaban J connectivity index is 2.06. The second-order valence-corrected chi connectivity index (χ2v) is 6.01. The maximum absolute atomic E-state index is 5.86. The molecule has 0 saturated heterocycles. The highest BCUT2D eigenvalue weighted by Crippen LogP contribution is 2.29. The van der Waals surface area contributed by atoms with Crippen LogP contribution in [0.15, 0.2) is 47.4 Å². The Kier molecular flexibility index (Phi) is 5.10. The van der Waals surface area contributed by atoms with Gasteiger partial charge in [-0.25, -0.2) is 0 Å². The van der Waals surface area contributed by atoms with E-state index in [1.165, 1.54) is 21.6 Å². The van der Waals surface area contributed by atoms with Crippen LogP contribution >= 0.6 is 11.8 Å². The highest BCUT2D eigenvalue weighted by atomic mass is 32.2. The van der Waals surface area contributed by atoms with Gasteiger partial charge in [0.25, 0.3) is 0 Å². The Labute approximate surface area is 125 Å². The average Bonchev–Trinajstić information content (AvgIpc) is 2.45. The van der Waals surface area contributed by atoms with Crippen LogP contribution in [-0.4, -0.2) is 7.11 Å². The van der Waals surface area contributed by atoms with E-state index >= 15 is 0 Å². The standard InChI is InChI=1S/C17H21NOS/c1-12-4-9-17(19-3)15(10-12)11-20-16-7-5-14(6-8-16)13(2)18/h4-10,13H,11,18H2,1-3H3. The van der Waals surface area contributed by atoms with Gasteiger partial charge in [-0.3, -0.25) is 0 Å². The summed E-state index contributed by atoms with van der Waals surface area (Å²) in [7, 11) is 1.72. The fraction of sp³-hybridized carbons (Fsp3) is 0.294. The van der Waals surface area contributed by atoms with Gasteiger partial charge in [-0.2, -0.15) is 0 Å². The van der Waals surface area contributed by atoms with E-state index in [2.05, 4.69) is 43.3 Å². The second kappa shape index (κ2) is 6.82. The first-order chi connectivity index (χ1) is 9.60. The van der Waals surface area contributed by atoms with Crippen molar-refractivity contribution in [1.82, 2.24) is 0 Å². The third-order valence-electron chi connectivity index (χ3n) is 3.24. The first-order valence-corrected chi connectivity index (χ1v) is 7.70. The Morgan fingerprint density at radius 3 is 2.45 bits per heavy atom. The van der Waals surface area contributed by atoms with E-state index in [1.54, 1.807) is 7.11 Å². The van der Waals surface area contributed by atoms with Crippen molar-refractivity contribution in [1.29, 1.82) is 0 Å². The smallest absolute Gasteiger partial charge is 0.122 e. The fourth-order valence-corrected chi connectivity index (χ4v) is 2.93. The summed E-state index contributed by atoms with van der Waals surface area (Å²) in [6.45, 7) is 4.10. The van der Waals surface area contributed by atoms with Gasteiger partial charge in [-0.15, -0.1) is 11.8 Å². The lowest BCUT2D eigenvalue weighted by molar-refractivity contribution is 0.411. The molecule has 0 heterocycles. The molecule has 0 aliphatic rings. The van der Waals surface area contributed by atoms with E-state index in [0.29, 0.717) is 0 Å². The molecule has 2 aromatic carbocycles. The van der Waals surface area contributed by atoms with Gasteiger partial charge in [0, 0.05) is 22.3 Å². The maximum Gasteiger partial charge on any atom is 0.122 e. The van der Waals surface area contributed by atoms with Crippen LogP contribution in [0.4, 0.5) is 0 Å². The van der Waals surface area contributed by atoms with Crippen LogP contribution < -0.4 is 10.5 Å². The molecule has 20 heavy (non-hydrogen) atoms. The Bertz CT molecular complexity index is 564. The quantitative estimate of drug-likeness (QED) is 0.832. The van der Waals surface area contributed by atoms with Crippen molar-refractivity contribution in [3.05, 3.63) is 59.2 Å². The van der Waals surface area contributed by atoms with E-state index in [-0.39, 0.29) is 6.04 Å². The van der Waals surface area contributed by atoms with Crippen molar-refractivity contribution in [3.8, 4) is 5.75 Å². The number of hydrogen-bond acceptors (Lipinski definition) is 3. The Morgan fingerprint density at radius 2 is 1.85 bits per heavy atom. The molecule has 106 valence electrons. The number of rotatable bonds is 5. The summed E-state index contributed by atoms with van der Waals surface area (Å²) in [6, 6.07) is 14.8. The lowest BCUT2D eigenvalue weighted by Crippen LogP contribution is -2.04. The van der Waals surface area contributed by atoms with Crippen molar-refractivity contribution >= 4 is 11.8 Å². The zero-order valence-electron chi connectivity index (χ0n) is 12.2. The number of hydrogen-bond donors (Lipinski definition) is 1. The van der Waals surface area contributed by atoms with Gasteiger partial charge >= 0.3 is 0 Å². The lowest BCUT2D eigenvalue weighted by atomic mass is 10.1. The molecule has 1 atom stereocenters. The summed E-state index contributed by atoms with van der Waals surface area (Å²) in [5.74, 6) is 1.86. The van der Waals surface area contributed by atoms with E-state index in [1.807, 2.05) is 24.8 Å². The number of benzene rings is 2. The van der Waals surface area contributed by atoms with Crippen molar-refractivity contribution in [2.45, 2.75) is 30.5 Å². The Morgan fingerprint density at radius 1 is 1.15 bits per heavy atom. The Hall–Kier alpha value is -1.45. The molecule has 0 radical (unpaired) electrons. The van der Waals surface area contributed by atoms with Crippen molar-refractivity contribution in [2.24, 2.45) is 5.73 Å². The van der Waals surface area contributed by atoms with Gasteiger partial charge in [0.1, 0.15) is 5.75 Å². The molecule has 0 saturated carbocycles. The molecule has 2 aromatic rings. The fourth-order valence-electron chi connectivity index (χ4n) is 2.05. The minimum absolute atomic E-state index is 0.0888. The molecule has 2 rings (SSSR count). The maximum atomic E-state index is 5.86. The van der Waals surface area contributed by atoms with Crippen LogP contribution in [0.1, 0.15) is 29.7 Å². The van der Waals surface area contributed by atoms with Gasteiger partial charge in [-0.05, 0) is 37.6 Å². The second-order valence-electron chi connectivity index (χ2n) is 4.96. The van der Waals surface area contributed by atoms with Gasteiger partial charge in [-0.1, -0.05) is 29.8 Å². The molecule has 0 amide bonds. The summed E-state index contributed by atoms with van der Waals surface area (Å²) in [5, 5.41) is 0. The highest BCUT2D eigenvalue weighted by molar-refractivity contribution is 7.98. The van der Waals surface area contributed by atoms with E-state index in [0.717, 1.165) is 11.5 Å². The zero-order chi connectivity index (χ0) is 14.5. The highest BCUT2D eigenvalue weighted by Gasteiger charge is 2.05. The summed E-state index contributed by atoms with van der Waals surface area (Å²) in [6.07, 6.45) is 0. The number of nitrogens with two attached hydrogens (primary N) is 1. The summed E-state index contributed by atoms with van der Waals surface area (Å²) >= 11 is 1.81. The minimum Gasteiger partial charge on any atom is -0.496 e. The molecule has 0 aliphatic carbocycles. The minimum atomic E-state index is 0.0888. The first kappa shape index (κ1) is 14.9. The van der Waals surface area contributed by atoms with Crippen LogP contribution in [0, 0.1) is 6.92 Å². The largest absolute Gasteiger partial charge is 0.496 e. The summed E-state index contributed by atoms with van der Waals surface area (Å²) in [5.41, 5.74) is 9.52. The van der Waals surface area contributed by atoms with Gasteiger partial charge < -0.3 is 10.5 Å². The van der Waals surface area contributed by atoms with Crippen LogP contribution in [0.25, 0.3) is 0 Å². The summed E-state index contributed by atoms with van der Waals surface area (Å²) < 4.78 is 5.41. The number of thioether (sulfide) groups is 1. The molecular formula is C17H21NOS. The molecule has 0 fully saturated rings. The molecule has 0 spiro atoms. The number of aryl methyl sites for hydroxylation is 1. The molecule has 0 aromatic heterocycles. The summed E-state index contributed by atoms with van der Waals surface area (Å²) in [4.78, 5) is 1.25. The molecule has 0 bridgehead atoms. The van der Waals surface area contributed by atoms with Gasteiger partial charge in [0.05, 0.1) is 7.11 Å². The van der Waals surface area contributed by atoms with Crippen LogP contribution in [0.5, 0.6) is 5.75 Å².